The fourth-order valence-electron chi connectivity index (χ4n) is 2.50. The fourth-order valence-corrected chi connectivity index (χ4v) is 2.50. The van der Waals surface area contributed by atoms with Crippen LogP contribution in [0.25, 0.3) is 0 Å². The highest BCUT2D eigenvalue weighted by molar-refractivity contribution is 6.19. The lowest BCUT2D eigenvalue weighted by Gasteiger charge is -2.31. The normalized spacial score (nSPS) is 11.8. The van der Waals surface area contributed by atoms with E-state index in [1.165, 1.54) is 9.80 Å². The first-order valence-electron chi connectivity index (χ1n) is 10.1. The summed E-state index contributed by atoms with van der Waals surface area (Å²) < 4.78 is 0. The van der Waals surface area contributed by atoms with Gasteiger partial charge in [-0.2, -0.15) is 0 Å². The lowest BCUT2D eigenvalue weighted by atomic mass is 9.97. The molecule has 0 bridgehead atoms. The van der Waals surface area contributed by atoms with Crippen LogP contribution in [0.1, 0.15) is 34.6 Å². The summed E-state index contributed by atoms with van der Waals surface area (Å²) in [6.45, 7) is 9.61. The second-order valence-electron chi connectivity index (χ2n) is 8.05. The molecule has 10 heteroatoms. The van der Waals surface area contributed by atoms with E-state index in [1.807, 2.05) is 6.92 Å². The van der Waals surface area contributed by atoms with Gasteiger partial charge >= 0.3 is 0 Å². The van der Waals surface area contributed by atoms with Crippen LogP contribution in [-0.2, 0) is 19.2 Å². The van der Waals surface area contributed by atoms with Gasteiger partial charge in [-0.05, 0) is 48.0 Å². The Morgan fingerprint density at radius 3 is 1.90 bits per heavy atom. The van der Waals surface area contributed by atoms with E-state index in [0.717, 1.165) is 0 Å². The van der Waals surface area contributed by atoms with Gasteiger partial charge in [-0.25, -0.2) is 0 Å². The minimum Gasteiger partial charge on any atom is -0.336 e. The molecule has 0 rings (SSSR count). The lowest BCUT2D eigenvalue weighted by Crippen LogP contribution is -2.55. The van der Waals surface area contributed by atoms with Crippen molar-refractivity contribution in [3.05, 3.63) is 0 Å². The molecular formula is C19H38BN5O4. The third kappa shape index (κ3) is 8.63. The van der Waals surface area contributed by atoms with Crippen LogP contribution in [0.15, 0.2) is 0 Å². The van der Waals surface area contributed by atoms with Crippen LogP contribution in [0.3, 0.4) is 0 Å². The third-order valence-corrected chi connectivity index (χ3v) is 5.20. The van der Waals surface area contributed by atoms with Crippen LogP contribution >= 0.6 is 0 Å². The number of ketones is 2. The highest BCUT2D eigenvalue weighted by Crippen LogP contribution is 2.08. The van der Waals surface area contributed by atoms with Crippen LogP contribution in [0, 0.1) is 0 Å². The maximum Gasteiger partial charge on any atom is 0.236 e. The lowest BCUT2D eigenvalue weighted by molar-refractivity contribution is -0.136. The van der Waals surface area contributed by atoms with Crippen molar-refractivity contribution in [2.24, 2.45) is 5.73 Å². The first-order valence-corrected chi connectivity index (χ1v) is 10.1. The number of carbonyl (C=O) groups excluding carboxylic acids is 4. The molecule has 0 saturated heterocycles. The molecule has 0 fully saturated rings. The number of Topliss-reactive ketones (excluding diaryl/α,β-unsaturated/α-hetero) is 2. The molecule has 0 atom stereocenters. The number of amides is 2. The summed E-state index contributed by atoms with van der Waals surface area (Å²) in [5, 5.41) is 6.06. The largest absolute Gasteiger partial charge is 0.336 e. The number of hydrogen-bond acceptors (Lipinski definition) is 7. The molecule has 0 aromatic heterocycles. The molecular weight excluding hydrogens is 373 g/mol. The van der Waals surface area contributed by atoms with Crippen molar-refractivity contribution in [1.29, 1.82) is 0 Å². The predicted molar refractivity (Wildman–Crippen MR) is 116 cm³/mol. The molecule has 9 nitrogen and oxygen atoms in total. The molecule has 4 N–H and O–H groups in total. The Morgan fingerprint density at radius 1 is 0.931 bits per heavy atom. The zero-order valence-electron chi connectivity index (χ0n) is 19.1. The van der Waals surface area contributed by atoms with E-state index in [0.29, 0.717) is 19.4 Å². The number of nitrogens with zero attached hydrogens (tertiary/aromatic N) is 2. The molecule has 0 aromatic rings. The molecule has 0 aliphatic heterocycles. The third-order valence-electron chi connectivity index (χ3n) is 5.20. The van der Waals surface area contributed by atoms with Gasteiger partial charge in [-0.1, -0.05) is 0 Å². The Hall–Kier alpha value is -1.78. The number of nitrogens with two attached hydrogens (primary N) is 1. The summed E-state index contributed by atoms with van der Waals surface area (Å²) in [6.07, 6.45) is 0.349. The Bertz CT molecular complexity index is 595. The topological polar surface area (TPSA) is 125 Å². The Balaban J connectivity index is 4.93. The van der Waals surface area contributed by atoms with Gasteiger partial charge in [0.25, 0.3) is 0 Å². The first-order chi connectivity index (χ1) is 13.4. The van der Waals surface area contributed by atoms with E-state index in [4.69, 9.17) is 5.73 Å². The standard InChI is InChI=1S/C19H38BN5O4/c1-7-24(16(28)10-20)12-15(27)19(4,5)23-8-9-25(17(29)11-21)13-14(26)18(2,3)22-6/h22-23H,7-13,20-21H2,1-6H3. The van der Waals surface area contributed by atoms with Crippen molar-refractivity contribution in [2.75, 3.05) is 46.3 Å². The number of nitrogens with one attached hydrogen (secondary N) is 2. The number of carbonyl (C=O) groups is 4. The molecule has 2 amide bonds. The first kappa shape index (κ1) is 27.2. The quantitative estimate of drug-likeness (QED) is 0.288. The molecule has 0 radical (unpaired) electrons. The molecule has 0 spiro atoms. The zero-order chi connectivity index (χ0) is 22.8. The number of hydrogen-bond donors (Lipinski definition) is 3. The SMILES string of the molecule is BCC(=O)N(CC)CC(=O)C(C)(C)NCCN(CC(=O)C(C)(C)NC)C(=O)CN. The summed E-state index contributed by atoms with van der Waals surface area (Å²) >= 11 is 0. The maximum atomic E-state index is 12.6. The minimum absolute atomic E-state index is 0.0312. The zero-order valence-corrected chi connectivity index (χ0v) is 19.1. The van der Waals surface area contributed by atoms with Gasteiger partial charge in [0.1, 0.15) is 7.85 Å². The van der Waals surface area contributed by atoms with Gasteiger partial charge in [0.05, 0.1) is 30.7 Å². The molecule has 0 unspecified atom stereocenters. The van der Waals surface area contributed by atoms with Crippen LogP contribution in [-0.4, -0.2) is 98.4 Å². The molecule has 29 heavy (non-hydrogen) atoms. The molecule has 0 aliphatic rings. The number of likely N-dealkylation sites (N-methyl/N-ethyl adjacent to an activating group) is 2. The Morgan fingerprint density at radius 2 is 1.45 bits per heavy atom. The second-order valence-corrected chi connectivity index (χ2v) is 8.05. The van der Waals surface area contributed by atoms with Crippen molar-refractivity contribution in [1.82, 2.24) is 20.4 Å². The number of rotatable bonds is 14. The predicted octanol–water partition coefficient (Wildman–Crippen LogP) is -1.82. The van der Waals surface area contributed by atoms with E-state index in [9.17, 15) is 19.2 Å². The second kappa shape index (κ2) is 12.0. The van der Waals surface area contributed by atoms with Gasteiger partial charge in [0.2, 0.25) is 11.8 Å². The Labute approximate surface area is 175 Å². The summed E-state index contributed by atoms with van der Waals surface area (Å²) in [6, 6.07) is 0. The van der Waals surface area contributed by atoms with Crippen molar-refractivity contribution in [3.8, 4) is 0 Å². The van der Waals surface area contributed by atoms with Gasteiger partial charge in [0.15, 0.2) is 11.6 Å². The van der Waals surface area contributed by atoms with E-state index >= 15 is 0 Å². The summed E-state index contributed by atoms with van der Waals surface area (Å²) in [4.78, 5) is 52.0. The fraction of sp³-hybridized carbons (Fsp3) is 0.789. The van der Waals surface area contributed by atoms with Crippen molar-refractivity contribution >= 4 is 31.2 Å². The molecule has 0 aliphatic carbocycles. The molecule has 0 aromatic carbocycles. The summed E-state index contributed by atoms with van der Waals surface area (Å²) in [7, 11) is 3.45. The molecule has 0 saturated carbocycles. The van der Waals surface area contributed by atoms with Crippen molar-refractivity contribution in [2.45, 2.75) is 52.0 Å². The van der Waals surface area contributed by atoms with E-state index < -0.39 is 11.1 Å². The van der Waals surface area contributed by atoms with Gasteiger partial charge in [0, 0.05) is 19.6 Å². The average Bonchev–Trinajstić information content (AvgIpc) is 2.69. The monoisotopic (exact) mass is 411 g/mol. The van der Waals surface area contributed by atoms with Crippen LogP contribution in [0.4, 0.5) is 0 Å². The molecule has 166 valence electrons. The van der Waals surface area contributed by atoms with E-state index in [1.54, 1.807) is 42.6 Å². The summed E-state index contributed by atoms with van der Waals surface area (Å²) in [5.41, 5.74) is 3.84. The van der Waals surface area contributed by atoms with Crippen molar-refractivity contribution < 1.29 is 19.2 Å². The summed E-state index contributed by atoms with van der Waals surface area (Å²) in [5.74, 6) is -0.650. The molecule has 0 heterocycles. The van der Waals surface area contributed by atoms with E-state index in [2.05, 4.69) is 10.6 Å². The van der Waals surface area contributed by atoms with E-state index in [-0.39, 0.29) is 49.6 Å². The average molecular weight is 411 g/mol. The highest BCUT2D eigenvalue weighted by Gasteiger charge is 2.31. The van der Waals surface area contributed by atoms with Crippen molar-refractivity contribution in [3.63, 3.8) is 0 Å². The highest BCUT2D eigenvalue weighted by atomic mass is 16.2. The smallest absolute Gasteiger partial charge is 0.236 e. The maximum absolute atomic E-state index is 12.6. The van der Waals surface area contributed by atoms with Crippen LogP contribution < -0.4 is 16.4 Å². The van der Waals surface area contributed by atoms with Gasteiger partial charge < -0.3 is 26.2 Å². The Kier molecular flexibility index (Phi) is 11.3. The van der Waals surface area contributed by atoms with Crippen LogP contribution in [0.2, 0.25) is 6.32 Å². The van der Waals surface area contributed by atoms with Gasteiger partial charge in [-0.15, -0.1) is 0 Å². The van der Waals surface area contributed by atoms with Crippen LogP contribution in [0.5, 0.6) is 0 Å². The minimum atomic E-state index is -0.882. The van der Waals surface area contributed by atoms with Gasteiger partial charge in [-0.3, -0.25) is 19.2 Å².